The van der Waals surface area contributed by atoms with E-state index in [2.05, 4.69) is 46.1 Å². The number of morpholine rings is 1. The van der Waals surface area contributed by atoms with Crippen molar-refractivity contribution in [2.45, 2.75) is 12.2 Å². The highest BCUT2D eigenvalue weighted by Crippen LogP contribution is 2.30. The Balaban J connectivity index is 1.87. The van der Waals surface area contributed by atoms with Crippen LogP contribution in [0.15, 0.2) is 54.6 Å². The molecule has 3 nitrogen and oxygen atoms in total. The molecule has 0 bridgehead atoms. The quantitative estimate of drug-likeness (QED) is 0.800. The van der Waals surface area contributed by atoms with Gasteiger partial charge in [-0.25, -0.2) is 0 Å². The van der Waals surface area contributed by atoms with Crippen molar-refractivity contribution in [2.75, 3.05) is 19.7 Å². The zero-order valence-corrected chi connectivity index (χ0v) is 13.8. The summed E-state index contributed by atoms with van der Waals surface area (Å²) in [4.78, 5) is 0. The maximum absolute atomic E-state index is 6.30. The Hall–Kier alpha value is -1.11. The maximum atomic E-state index is 6.30. The van der Waals surface area contributed by atoms with Crippen LogP contribution in [0, 0.1) is 3.57 Å². The van der Waals surface area contributed by atoms with E-state index in [1.807, 2.05) is 36.4 Å². The van der Waals surface area contributed by atoms with E-state index in [1.165, 1.54) is 0 Å². The van der Waals surface area contributed by atoms with E-state index in [0.29, 0.717) is 0 Å². The van der Waals surface area contributed by atoms with E-state index in [4.69, 9.17) is 9.47 Å². The van der Waals surface area contributed by atoms with Gasteiger partial charge >= 0.3 is 0 Å². The molecular formula is C17H18INO2. The van der Waals surface area contributed by atoms with Gasteiger partial charge in [0.25, 0.3) is 0 Å². The molecule has 2 atom stereocenters. The van der Waals surface area contributed by atoms with Gasteiger partial charge < -0.3 is 14.8 Å². The first-order valence-corrected chi connectivity index (χ1v) is 8.21. The summed E-state index contributed by atoms with van der Waals surface area (Å²) in [6.07, 6.45) is -0.0768. The summed E-state index contributed by atoms with van der Waals surface area (Å²) in [5.74, 6) is 0.904. The lowest BCUT2D eigenvalue weighted by Gasteiger charge is -2.31. The van der Waals surface area contributed by atoms with Crippen LogP contribution >= 0.6 is 22.6 Å². The van der Waals surface area contributed by atoms with Crippen LogP contribution in [0.25, 0.3) is 0 Å². The minimum absolute atomic E-state index is 0.0251. The molecular weight excluding hydrogens is 381 g/mol. The third kappa shape index (κ3) is 3.75. The molecule has 0 radical (unpaired) electrons. The second-order valence-electron chi connectivity index (χ2n) is 4.99. The van der Waals surface area contributed by atoms with Crippen molar-refractivity contribution in [1.82, 2.24) is 5.32 Å². The Morgan fingerprint density at radius 3 is 2.57 bits per heavy atom. The van der Waals surface area contributed by atoms with Gasteiger partial charge in [0.05, 0.1) is 10.2 Å². The van der Waals surface area contributed by atoms with Gasteiger partial charge in [-0.05, 0) is 40.3 Å². The van der Waals surface area contributed by atoms with Crippen molar-refractivity contribution < 1.29 is 9.47 Å². The molecule has 1 N–H and O–H groups in total. The number of hydrogen-bond donors (Lipinski definition) is 1. The molecule has 0 saturated carbocycles. The molecule has 1 aliphatic heterocycles. The normalized spacial score (nSPS) is 20.0. The number of hydrogen-bond acceptors (Lipinski definition) is 3. The van der Waals surface area contributed by atoms with E-state index in [9.17, 15) is 0 Å². The number of halogens is 1. The Kier molecular flexibility index (Phi) is 5.11. The van der Waals surface area contributed by atoms with Crippen LogP contribution in [0.3, 0.4) is 0 Å². The van der Waals surface area contributed by atoms with Gasteiger partial charge in [0.15, 0.2) is 6.10 Å². The molecule has 1 fully saturated rings. The van der Waals surface area contributed by atoms with Crippen molar-refractivity contribution in [3.63, 3.8) is 0 Å². The molecule has 0 aliphatic carbocycles. The molecule has 0 unspecified atom stereocenters. The first kappa shape index (κ1) is 14.8. The first-order chi connectivity index (χ1) is 10.3. The average molecular weight is 399 g/mol. The van der Waals surface area contributed by atoms with Crippen molar-refractivity contribution in [1.29, 1.82) is 0 Å². The second kappa shape index (κ2) is 7.24. The Labute approximate surface area is 138 Å². The Morgan fingerprint density at radius 1 is 1.10 bits per heavy atom. The van der Waals surface area contributed by atoms with Crippen LogP contribution in [0.2, 0.25) is 0 Å². The van der Waals surface area contributed by atoms with Crippen LogP contribution in [0.1, 0.15) is 11.7 Å². The fraction of sp³-hybridized carbons (Fsp3) is 0.294. The SMILES string of the molecule is [131I]c1ccccc1O[C@H](c1ccccc1)[C@H]1CNCCO1. The highest BCUT2D eigenvalue weighted by molar-refractivity contribution is 14.1. The van der Waals surface area contributed by atoms with Crippen molar-refractivity contribution in [2.24, 2.45) is 0 Å². The fourth-order valence-electron chi connectivity index (χ4n) is 2.46. The highest BCUT2D eigenvalue weighted by atomic mass is 131. The molecule has 4 heteroatoms. The summed E-state index contributed by atoms with van der Waals surface area (Å²) in [5.41, 5.74) is 1.14. The number of benzene rings is 2. The molecule has 2 aromatic carbocycles. The lowest BCUT2D eigenvalue weighted by atomic mass is 10.0. The van der Waals surface area contributed by atoms with E-state index in [0.717, 1.165) is 34.6 Å². The maximum Gasteiger partial charge on any atom is 0.151 e. The van der Waals surface area contributed by atoms with Crippen LogP contribution in [-0.4, -0.2) is 25.8 Å². The van der Waals surface area contributed by atoms with Gasteiger partial charge in [0.2, 0.25) is 0 Å². The standard InChI is InChI=1S/C17H18INO2/c18-14-8-4-5-9-15(14)21-17(13-6-2-1-3-7-13)16-12-19-10-11-20-16/h1-9,16-17,19H,10-12H2/t16-,17-/m1/s1/i18+4. The molecule has 1 aliphatic rings. The van der Waals surface area contributed by atoms with Gasteiger partial charge in [0, 0.05) is 13.1 Å². The number of ether oxygens (including phenoxy) is 2. The van der Waals surface area contributed by atoms with Gasteiger partial charge in [-0.15, -0.1) is 0 Å². The van der Waals surface area contributed by atoms with E-state index in [1.54, 1.807) is 0 Å². The van der Waals surface area contributed by atoms with Crippen LogP contribution in [-0.2, 0) is 4.74 Å². The second-order valence-corrected chi connectivity index (χ2v) is 6.16. The molecule has 0 aromatic heterocycles. The number of para-hydroxylation sites is 1. The third-order valence-electron chi connectivity index (χ3n) is 3.51. The van der Waals surface area contributed by atoms with E-state index in [-0.39, 0.29) is 12.2 Å². The summed E-state index contributed by atoms with van der Waals surface area (Å²) >= 11 is 2.30. The average Bonchev–Trinajstić information content (AvgIpc) is 2.56. The van der Waals surface area contributed by atoms with Crippen molar-refractivity contribution >= 4 is 22.6 Å². The van der Waals surface area contributed by atoms with Crippen molar-refractivity contribution in [3.8, 4) is 5.75 Å². The molecule has 1 saturated heterocycles. The van der Waals surface area contributed by atoms with E-state index < -0.39 is 0 Å². The van der Waals surface area contributed by atoms with Gasteiger partial charge in [-0.2, -0.15) is 0 Å². The summed E-state index contributed by atoms with van der Waals surface area (Å²) in [6, 6.07) is 18.4. The van der Waals surface area contributed by atoms with Crippen LogP contribution in [0.5, 0.6) is 5.75 Å². The van der Waals surface area contributed by atoms with Gasteiger partial charge in [0.1, 0.15) is 11.9 Å². The summed E-state index contributed by atoms with van der Waals surface area (Å²) in [6.45, 7) is 2.44. The summed E-state index contributed by atoms with van der Waals surface area (Å²) in [5, 5.41) is 3.38. The smallest absolute Gasteiger partial charge is 0.151 e. The minimum Gasteiger partial charge on any atom is -0.482 e. The zero-order chi connectivity index (χ0) is 14.5. The molecule has 0 spiro atoms. The van der Waals surface area contributed by atoms with Crippen LogP contribution < -0.4 is 10.1 Å². The highest BCUT2D eigenvalue weighted by Gasteiger charge is 2.28. The first-order valence-electron chi connectivity index (χ1n) is 7.13. The summed E-state index contributed by atoms with van der Waals surface area (Å²) < 4.78 is 13.3. The van der Waals surface area contributed by atoms with Crippen molar-refractivity contribution in [3.05, 3.63) is 63.7 Å². The van der Waals surface area contributed by atoms with Crippen LogP contribution in [0.4, 0.5) is 0 Å². The fourth-order valence-corrected chi connectivity index (χ4v) is 2.97. The molecule has 2 aromatic rings. The summed E-state index contributed by atoms with van der Waals surface area (Å²) in [7, 11) is 0. The topological polar surface area (TPSA) is 30.5 Å². The number of nitrogens with one attached hydrogen (secondary N) is 1. The van der Waals surface area contributed by atoms with E-state index >= 15 is 0 Å². The lowest BCUT2D eigenvalue weighted by Crippen LogP contribution is -2.43. The van der Waals surface area contributed by atoms with Gasteiger partial charge in [-0.3, -0.25) is 0 Å². The predicted molar refractivity (Wildman–Crippen MR) is 91.6 cm³/mol. The largest absolute Gasteiger partial charge is 0.482 e. The molecule has 1 heterocycles. The monoisotopic (exact) mass is 399 g/mol. The Bertz CT molecular complexity index is 570. The predicted octanol–water partition coefficient (Wildman–Crippen LogP) is 3.40. The zero-order valence-electron chi connectivity index (χ0n) is 11.7. The molecule has 3 rings (SSSR count). The minimum atomic E-state index is -0.102. The van der Waals surface area contributed by atoms with Gasteiger partial charge in [-0.1, -0.05) is 42.5 Å². The molecule has 110 valence electrons. The lowest BCUT2D eigenvalue weighted by molar-refractivity contribution is -0.0435. The third-order valence-corrected chi connectivity index (χ3v) is 4.40. The number of rotatable bonds is 4. The molecule has 0 amide bonds. The Morgan fingerprint density at radius 2 is 1.86 bits per heavy atom. The molecule has 21 heavy (non-hydrogen) atoms.